The first-order valence-electron chi connectivity index (χ1n) is 6.81. The van der Waals surface area contributed by atoms with E-state index in [1.54, 1.807) is 4.90 Å². The molecule has 5 nitrogen and oxygen atoms in total. The molecule has 0 radical (unpaired) electrons. The summed E-state index contributed by atoms with van der Waals surface area (Å²) < 4.78 is 0. The highest BCUT2D eigenvalue weighted by atomic mass is 16.4. The summed E-state index contributed by atoms with van der Waals surface area (Å²) in [6, 6.07) is -0.761. The van der Waals surface area contributed by atoms with Crippen LogP contribution in [0.5, 0.6) is 0 Å². The van der Waals surface area contributed by atoms with Gasteiger partial charge in [0, 0.05) is 12.6 Å². The Morgan fingerprint density at radius 1 is 1.22 bits per heavy atom. The summed E-state index contributed by atoms with van der Waals surface area (Å²) in [4.78, 5) is 25.3. The van der Waals surface area contributed by atoms with Crippen molar-refractivity contribution < 1.29 is 14.7 Å². The summed E-state index contributed by atoms with van der Waals surface area (Å²) in [5.74, 6) is -1.08. The third-order valence-corrected chi connectivity index (χ3v) is 4.37. The number of nitrogens with two attached hydrogens (primary N) is 1. The van der Waals surface area contributed by atoms with Crippen LogP contribution in [-0.4, -0.2) is 40.5 Å². The number of amides is 1. The minimum absolute atomic E-state index is 0.0336. The minimum Gasteiger partial charge on any atom is -0.480 e. The van der Waals surface area contributed by atoms with Crippen LogP contribution < -0.4 is 5.73 Å². The zero-order valence-corrected chi connectivity index (χ0v) is 10.8. The number of rotatable bonds is 2. The van der Waals surface area contributed by atoms with Crippen molar-refractivity contribution >= 4 is 11.9 Å². The van der Waals surface area contributed by atoms with Gasteiger partial charge in [-0.05, 0) is 25.2 Å². The van der Waals surface area contributed by atoms with Crippen molar-refractivity contribution in [2.45, 2.75) is 51.1 Å². The molecular formula is C13H22N2O3. The van der Waals surface area contributed by atoms with Gasteiger partial charge < -0.3 is 15.7 Å². The minimum atomic E-state index is -0.891. The van der Waals surface area contributed by atoms with E-state index in [4.69, 9.17) is 5.73 Å². The van der Waals surface area contributed by atoms with Crippen molar-refractivity contribution in [3.05, 3.63) is 0 Å². The van der Waals surface area contributed by atoms with Crippen LogP contribution in [0.2, 0.25) is 0 Å². The predicted octanol–water partition coefficient (Wildman–Crippen LogP) is 0.825. The van der Waals surface area contributed by atoms with Gasteiger partial charge in [-0.25, -0.2) is 4.79 Å². The molecule has 1 saturated heterocycles. The Morgan fingerprint density at radius 2 is 1.89 bits per heavy atom. The number of carboxylic acids is 1. The maximum atomic E-state index is 12.5. The van der Waals surface area contributed by atoms with Gasteiger partial charge in [0.2, 0.25) is 5.91 Å². The fourth-order valence-corrected chi connectivity index (χ4v) is 3.25. The fourth-order valence-electron chi connectivity index (χ4n) is 3.25. The third-order valence-electron chi connectivity index (χ3n) is 4.37. The Bertz CT molecular complexity index is 345. The van der Waals surface area contributed by atoms with Gasteiger partial charge in [-0.15, -0.1) is 0 Å². The zero-order valence-electron chi connectivity index (χ0n) is 10.8. The van der Waals surface area contributed by atoms with E-state index in [0.717, 1.165) is 32.1 Å². The standard InChI is InChI=1S/C13H22N2O3/c1-8-6-7-15(11(8)13(17)18)12(16)9-4-2-3-5-10(9)14/h8-11H,2-7,14H2,1H3,(H,17,18). The Morgan fingerprint density at radius 3 is 2.50 bits per heavy atom. The number of nitrogens with zero attached hydrogens (tertiary/aromatic N) is 1. The lowest BCUT2D eigenvalue weighted by Gasteiger charge is -2.33. The predicted molar refractivity (Wildman–Crippen MR) is 66.9 cm³/mol. The van der Waals surface area contributed by atoms with E-state index >= 15 is 0 Å². The molecule has 0 bridgehead atoms. The van der Waals surface area contributed by atoms with E-state index in [0.29, 0.717) is 6.54 Å². The Labute approximate surface area is 107 Å². The molecule has 2 aliphatic rings. The van der Waals surface area contributed by atoms with Gasteiger partial charge in [0.15, 0.2) is 0 Å². The number of carboxylic acid groups (broad SMARTS) is 1. The normalized spacial score (nSPS) is 36.7. The second kappa shape index (κ2) is 5.26. The van der Waals surface area contributed by atoms with Gasteiger partial charge in [0.1, 0.15) is 6.04 Å². The average molecular weight is 254 g/mol. The SMILES string of the molecule is CC1CCN(C(=O)C2CCCCC2N)C1C(=O)O. The number of hydrogen-bond acceptors (Lipinski definition) is 3. The van der Waals surface area contributed by atoms with Crippen molar-refractivity contribution in [3.8, 4) is 0 Å². The number of carbonyl (C=O) groups is 2. The molecule has 1 heterocycles. The number of likely N-dealkylation sites (tertiary alicyclic amines) is 1. The molecule has 0 aromatic carbocycles. The highest BCUT2D eigenvalue weighted by molar-refractivity contribution is 5.86. The molecule has 4 atom stereocenters. The molecule has 3 N–H and O–H groups in total. The molecule has 5 heteroatoms. The molecule has 0 aromatic rings. The molecule has 2 rings (SSSR count). The van der Waals surface area contributed by atoms with Crippen molar-refractivity contribution in [1.29, 1.82) is 0 Å². The van der Waals surface area contributed by atoms with Gasteiger partial charge in [0.25, 0.3) is 0 Å². The zero-order chi connectivity index (χ0) is 13.3. The molecule has 0 spiro atoms. The number of hydrogen-bond donors (Lipinski definition) is 2. The summed E-state index contributed by atoms with van der Waals surface area (Å²) in [6.07, 6.45) is 4.54. The largest absolute Gasteiger partial charge is 0.480 e. The van der Waals surface area contributed by atoms with E-state index in [1.165, 1.54) is 0 Å². The summed E-state index contributed by atoms with van der Waals surface area (Å²) in [7, 11) is 0. The van der Waals surface area contributed by atoms with E-state index in [2.05, 4.69) is 0 Å². The van der Waals surface area contributed by atoms with Gasteiger partial charge in [-0.1, -0.05) is 19.8 Å². The van der Waals surface area contributed by atoms with Gasteiger partial charge in [0.05, 0.1) is 5.92 Å². The lowest BCUT2D eigenvalue weighted by atomic mass is 9.84. The second-order valence-corrected chi connectivity index (χ2v) is 5.64. The van der Waals surface area contributed by atoms with Crippen LogP contribution in [0, 0.1) is 11.8 Å². The van der Waals surface area contributed by atoms with E-state index in [-0.39, 0.29) is 23.8 Å². The number of carbonyl (C=O) groups excluding carboxylic acids is 1. The van der Waals surface area contributed by atoms with Crippen LogP contribution in [0.1, 0.15) is 39.0 Å². The van der Waals surface area contributed by atoms with E-state index in [9.17, 15) is 14.7 Å². The first-order valence-corrected chi connectivity index (χ1v) is 6.81. The van der Waals surface area contributed by atoms with Crippen LogP contribution in [0.3, 0.4) is 0 Å². The Hall–Kier alpha value is -1.10. The molecule has 1 aliphatic carbocycles. The Balaban J connectivity index is 2.10. The topological polar surface area (TPSA) is 83.6 Å². The molecule has 1 aliphatic heterocycles. The Kier molecular flexibility index (Phi) is 3.90. The molecule has 0 aromatic heterocycles. The van der Waals surface area contributed by atoms with Crippen molar-refractivity contribution in [3.63, 3.8) is 0 Å². The summed E-state index contributed by atoms with van der Waals surface area (Å²) in [6.45, 7) is 2.45. The van der Waals surface area contributed by atoms with Crippen molar-refractivity contribution in [1.82, 2.24) is 4.90 Å². The lowest BCUT2D eigenvalue weighted by molar-refractivity contribution is -0.151. The highest BCUT2D eigenvalue weighted by Gasteiger charge is 2.42. The van der Waals surface area contributed by atoms with Crippen LogP contribution >= 0.6 is 0 Å². The van der Waals surface area contributed by atoms with E-state index < -0.39 is 12.0 Å². The summed E-state index contributed by atoms with van der Waals surface area (Å²) >= 11 is 0. The summed E-state index contributed by atoms with van der Waals surface area (Å²) in [5, 5.41) is 9.24. The molecule has 18 heavy (non-hydrogen) atoms. The van der Waals surface area contributed by atoms with Gasteiger partial charge in [-0.2, -0.15) is 0 Å². The first-order chi connectivity index (χ1) is 8.52. The van der Waals surface area contributed by atoms with Crippen molar-refractivity contribution in [2.75, 3.05) is 6.54 Å². The fraction of sp³-hybridized carbons (Fsp3) is 0.846. The van der Waals surface area contributed by atoms with Crippen LogP contribution in [-0.2, 0) is 9.59 Å². The molecule has 2 fully saturated rings. The molecule has 102 valence electrons. The maximum absolute atomic E-state index is 12.5. The lowest BCUT2D eigenvalue weighted by Crippen LogP contribution is -2.50. The van der Waals surface area contributed by atoms with Crippen LogP contribution in [0.15, 0.2) is 0 Å². The van der Waals surface area contributed by atoms with E-state index in [1.807, 2.05) is 6.92 Å². The van der Waals surface area contributed by atoms with Gasteiger partial charge >= 0.3 is 5.97 Å². The third kappa shape index (κ3) is 2.36. The first kappa shape index (κ1) is 13.3. The second-order valence-electron chi connectivity index (χ2n) is 5.64. The molecule has 1 saturated carbocycles. The van der Waals surface area contributed by atoms with Gasteiger partial charge in [-0.3, -0.25) is 4.79 Å². The molecule has 1 amide bonds. The van der Waals surface area contributed by atoms with Crippen molar-refractivity contribution in [2.24, 2.45) is 17.6 Å². The quantitative estimate of drug-likeness (QED) is 0.764. The smallest absolute Gasteiger partial charge is 0.326 e. The maximum Gasteiger partial charge on any atom is 0.326 e. The molecule has 4 unspecified atom stereocenters. The highest BCUT2D eigenvalue weighted by Crippen LogP contribution is 2.30. The van der Waals surface area contributed by atoms with Crippen LogP contribution in [0.25, 0.3) is 0 Å². The number of aliphatic carboxylic acids is 1. The average Bonchev–Trinajstić information content (AvgIpc) is 2.71. The van der Waals surface area contributed by atoms with Crippen LogP contribution in [0.4, 0.5) is 0 Å². The molecular weight excluding hydrogens is 232 g/mol. The summed E-state index contributed by atoms with van der Waals surface area (Å²) in [5.41, 5.74) is 6.01. The monoisotopic (exact) mass is 254 g/mol.